The van der Waals surface area contributed by atoms with Crippen LogP contribution in [0, 0.1) is 5.92 Å². The van der Waals surface area contributed by atoms with Crippen LogP contribution in [0.5, 0.6) is 0 Å². The smallest absolute Gasteiger partial charge is 0.308 e. The fourth-order valence-electron chi connectivity index (χ4n) is 2.22. The number of carboxylic acid groups (broad SMARTS) is 1. The van der Waals surface area contributed by atoms with E-state index in [0.717, 1.165) is 6.42 Å². The van der Waals surface area contributed by atoms with Gasteiger partial charge in [0.05, 0.1) is 5.92 Å². The first-order valence-electron chi connectivity index (χ1n) is 5.73. The third kappa shape index (κ3) is 2.79. The SMILES string of the molecule is O=C(NC1CCCC1C(=O)O)c1ccnc(Cl)c1. The normalized spacial score (nSPS) is 22.7. The summed E-state index contributed by atoms with van der Waals surface area (Å²) in [6, 6.07) is 2.70. The minimum atomic E-state index is -0.856. The lowest BCUT2D eigenvalue weighted by Gasteiger charge is -2.17. The molecule has 1 aliphatic carbocycles. The van der Waals surface area contributed by atoms with Gasteiger partial charge >= 0.3 is 5.97 Å². The zero-order valence-corrected chi connectivity index (χ0v) is 10.4. The maximum absolute atomic E-state index is 11.9. The average molecular weight is 269 g/mol. The van der Waals surface area contributed by atoms with Gasteiger partial charge in [-0.15, -0.1) is 0 Å². The molecule has 2 N–H and O–H groups in total. The van der Waals surface area contributed by atoms with Crippen molar-refractivity contribution >= 4 is 23.5 Å². The number of aromatic nitrogens is 1. The molecule has 1 aromatic rings. The van der Waals surface area contributed by atoms with Crippen LogP contribution in [-0.2, 0) is 4.79 Å². The minimum Gasteiger partial charge on any atom is -0.481 e. The van der Waals surface area contributed by atoms with E-state index in [1.807, 2.05) is 0 Å². The third-order valence-electron chi connectivity index (χ3n) is 3.14. The maximum Gasteiger partial charge on any atom is 0.308 e. The average Bonchev–Trinajstić information content (AvgIpc) is 2.77. The number of nitrogens with one attached hydrogen (secondary N) is 1. The van der Waals surface area contributed by atoms with Gasteiger partial charge in [0.2, 0.25) is 0 Å². The molecule has 0 saturated heterocycles. The first-order chi connectivity index (χ1) is 8.58. The largest absolute Gasteiger partial charge is 0.481 e. The van der Waals surface area contributed by atoms with Crippen molar-refractivity contribution in [1.29, 1.82) is 0 Å². The first-order valence-corrected chi connectivity index (χ1v) is 6.11. The zero-order valence-electron chi connectivity index (χ0n) is 9.60. The van der Waals surface area contributed by atoms with Gasteiger partial charge in [0.1, 0.15) is 5.15 Å². The van der Waals surface area contributed by atoms with Crippen molar-refractivity contribution in [3.8, 4) is 0 Å². The molecule has 1 aromatic heterocycles. The highest BCUT2D eigenvalue weighted by Gasteiger charge is 2.33. The van der Waals surface area contributed by atoms with Crippen molar-refractivity contribution in [2.75, 3.05) is 0 Å². The molecule has 2 unspecified atom stereocenters. The van der Waals surface area contributed by atoms with Crippen molar-refractivity contribution in [2.24, 2.45) is 5.92 Å². The Bertz CT molecular complexity index is 478. The van der Waals surface area contributed by atoms with Gasteiger partial charge in [0.15, 0.2) is 0 Å². The lowest BCUT2D eigenvalue weighted by atomic mass is 10.0. The monoisotopic (exact) mass is 268 g/mol. The summed E-state index contributed by atoms with van der Waals surface area (Å²) >= 11 is 5.70. The summed E-state index contributed by atoms with van der Waals surface area (Å²) in [4.78, 5) is 26.7. The van der Waals surface area contributed by atoms with Crippen LogP contribution in [0.3, 0.4) is 0 Å². The fourth-order valence-corrected chi connectivity index (χ4v) is 2.40. The van der Waals surface area contributed by atoms with Gasteiger partial charge in [0, 0.05) is 17.8 Å². The number of amides is 1. The molecule has 2 rings (SSSR count). The quantitative estimate of drug-likeness (QED) is 0.818. The summed E-state index contributed by atoms with van der Waals surface area (Å²) in [5, 5.41) is 12.0. The number of halogens is 1. The summed E-state index contributed by atoms with van der Waals surface area (Å²) in [7, 11) is 0. The second kappa shape index (κ2) is 5.35. The molecule has 6 heteroatoms. The van der Waals surface area contributed by atoms with Gasteiger partial charge in [-0.3, -0.25) is 9.59 Å². The number of carboxylic acids is 1. The summed E-state index contributed by atoms with van der Waals surface area (Å²) in [5.74, 6) is -1.66. The van der Waals surface area contributed by atoms with E-state index < -0.39 is 11.9 Å². The molecule has 96 valence electrons. The molecule has 1 fully saturated rings. The van der Waals surface area contributed by atoms with E-state index in [9.17, 15) is 9.59 Å². The van der Waals surface area contributed by atoms with E-state index in [1.165, 1.54) is 12.3 Å². The fraction of sp³-hybridized carbons (Fsp3) is 0.417. The highest BCUT2D eigenvalue weighted by Crippen LogP contribution is 2.26. The summed E-state index contributed by atoms with van der Waals surface area (Å²) in [6.07, 6.45) is 3.57. The molecule has 1 amide bonds. The molecule has 2 atom stereocenters. The number of carbonyl (C=O) groups excluding carboxylic acids is 1. The van der Waals surface area contributed by atoms with E-state index in [2.05, 4.69) is 10.3 Å². The Morgan fingerprint density at radius 1 is 1.44 bits per heavy atom. The Hall–Kier alpha value is -1.62. The Labute approximate surface area is 109 Å². The van der Waals surface area contributed by atoms with Crippen molar-refractivity contribution in [1.82, 2.24) is 10.3 Å². The van der Waals surface area contributed by atoms with Gasteiger partial charge in [-0.1, -0.05) is 18.0 Å². The van der Waals surface area contributed by atoms with Crippen molar-refractivity contribution < 1.29 is 14.7 Å². The van der Waals surface area contributed by atoms with Crippen LogP contribution in [0.2, 0.25) is 5.15 Å². The van der Waals surface area contributed by atoms with Crippen LogP contribution in [0.4, 0.5) is 0 Å². The van der Waals surface area contributed by atoms with Crippen molar-refractivity contribution in [3.05, 3.63) is 29.0 Å². The first kappa shape index (κ1) is 12.8. The Balaban J connectivity index is 2.05. The zero-order chi connectivity index (χ0) is 13.1. The number of pyridine rings is 1. The standard InChI is InChI=1S/C12H13ClN2O3/c13-10-6-7(4-5-14-10)11(16)15-9-3-1-2-8(9)12(17)18/h4-6,8-9H,1-3H2,(H,15,16)(H,17,18). The topological polar surface area (TPSA) is 79.3 Å². The van der Waals surface area contributed by atoms with E-state index in [4.69, 9.17) is 16.7 Å². The maximum atomic E-state index is 11.9. The molecule has 18 heavy (non-hydrogen) atoms. The summed E-state index contributed by atoms with van der Waals surface area (Å²) in [5.41, 5.74) is 0.394. The predicted molar refractivity (Wildman–Crippen MR) is 65.5 cm³/mol. The van der Waals surface area contributed by atoms with Crippen molar-refractivity contribution in [2.45, 2.75) is 25.3 Å². The molecule has 1 heterocycles. The molecule has 0 aliphatic heterocycles. The minimum absolute atomic E-state index is 0.240. The van der Waals surface area contributed by atoms with Crippen LogP contribution in [-0.4, -0.2) is 28.0 Å². The molecular formula is C12H13ClN2O3. The Morgan fingerprint density at radius 3 is 2.89 bits per heavy atom. The lowest BCUT2D eigenvalue weighted by Crippen LogP contribution is -2.40. The van der Waals surface area contributed by atoms with Gasteiger partial charge in [-0.25, -0.2) is 4.98 Å². The Morgan fingerprint density at radius 2 is 2.22 bits per heavy atom. The number of carbonyl (C=O) groups is 2. The van der Waals surface area contributed by atoms with Gasteiger partial charge in [0.25, 0.3) is 5.91 Å². The molecular weight excluding hydrogens is 256 g/mol. The van der Waals surface area contributed by atoms with Gasteiger partial charge in [-0.2, -0.15) is 0 Å². The van der Waals surface area contributed by atoms with E-state index >= 15 is 0 Å². The highest BCUT2D eigenvalue weighted by molar-refractivity contribution is 6.29. The third-order valence-corrected chi connectivity index (χ3v) is 3.35. The van der Waals surface area contributed by atoms with Crippen LogP contribution < -0.4 is 5.32 Å². The van der Waals surface area contributed by atoms with Crippen LogP contribution in [0.25, 0.3) is 0 Å². The van der Waals surface area contributed by atoms with Crippen molar-refractivity contribution in [3.63, 3.8) is 0 Å². The molecule has 5 nitrogen and oxygen atoms in total. The molecule has 1 saturated carbocycles. The van der Waals surface area contributed by atoms with E-state index in [0.29, 0.717) is 18.4 Å². The molecule has 0 radical (unpaired) electrons. The second-order valence-corrected chi connectivity index (χ2v) is 4.71. The number of hydrogen-bond donors (Lipinski definition) is 2. The van der Waals surface area contributed by atoms with E-state index in [1.54, 1.807) is 6.07 Å². The number of nitrogens with zero attached hydrogens (tertiary/aromatic N) is 1. The molecule has 0 spiro atoms. The number of rotatable bonds is 3. The van der Waals surface area contributed by atoms with Crippen LogP contribution in [0.1, 0.15) is 29.6 Å². The van der Waals surface area contributed by atoms with Gasteiger partial charge < -0.3 is 10.4 Å². The summed E-state index contributed by atoms with van der Waals surface area (Å²) in [6.45, 7) is 0. The van der Waals surface area contributed by atoms with Crippen LogP contribution >= 0.6 is 11.6 Å². The predicted octanol–water partition coefficient (Wildman–Crippen LogP) is 1.72. The Kier molecular flexibility index (Phi) is 3.81. The highest BCUT2D eigenvalue weighted by atomic mass is 35.5. The second-order valence-electron chi connectivity index (χ2n) is 4.32. The van der Waals surface area contributed by atoms with Gasteiger partial charge in [-0.05, 0) is 25.0 Å². The number of hydrogen-bond acceptors (Lipinski definition) is 3. The molecule has 0 bridgehead atoms. The van der Waals surface area contributed by atoms with Crippen LogP contribution in [0.15, 0.2) is 18.3 Å². The molecule has 1 aliphatic rings. The molecule has 0 aromatic carbocycles. The summed E-state index contributed by atoms with van der Waals surface area (Å²) < 4.78 is 0. The number of aliphatic carboxylic acids is 1. The lowest BCUT2D eigenvalue weighted by molar-refractivity contribution is -0.142. The van der Waals surface area contributed by atoms with E-state index in [-0.39, 0.29) is 17.1 Å².